The van der Waals surface area contributed by atoms with Crippen LogP contribution < -0.4 is 40.6 Å². The number of ketones is 1. The van der Waals surface area contributed by atoms with Crippen LogP contribution in [0, 0.1) is 11.8 Å². The van der Waals surface area contributed by atoms with Gasteiger partial charge in [-0.2, -0.15) is 8.62 Å². The zero-order valence-electron chi connectivity index (χ0n) is 49.5. The third-order valence-electron chi connectivity index (χ3n) is 16.9. The number of aromatic nitrogens is 3. The molecule has 6 aromatic rings. The first-order valence-electron chi connectivity index (χ1n) is 29.7. The van der Waals surface area contributed by atoms with E-state index in [4.69, 9.17) is 44.5 Å². The van der Waals surface area contributed by atoms with Gasteiger partial charge in [0.05, 0.1) is 54.5 Å². The van der Waals surface area contributed by atoms with Gasteiger partial charge in [-0.3, -0.25) is 14.1 Å². The fraction of sp³-hybridized carbons (Fsp3) is 0.390. The maximum absolute atomic E-state index is 14.3. The Morgan fingerprint density at radius 1 is 0.871 bits per heavy atom. The Bertz CT molecular complexity index is 4550. The largest absolute Gasteiger partial charge is 0.494 e. The van der Waals surface area contributed by atoms with Gasteiger partial charge >= 0.3 is 29.4 Å². The zero-order chi connectivity index (χ0) is 65.3. The summed E-state index contributed by atoms with van der Waals surface area (Å²) in [6, 6.07) is 13.9. The number of aryl methyl sites for hydroxylation is 2. The average molecular weight is 1330 g/mol. The SMILES string of the molecule is [N-]=[N+]=NCO[C@@H]1C[C@H](n2cc(C#CCNC(=O)c3ccc(OCCCC(=O)c4ccc(C(=O)O)c(C5=c6cc7c8c(c6Oc6c5cc5c9c6CCCN9CCC5)CCC[N+]=8CCC7)c4)cc3CN=[N+]=[N-])c3c(N)ncnc32)O[C@@H]1COP(=O)(O)OP(=O)(O)OP(=O)(O)O. The molecule has 0 radical (unpaired) electrons. The molecule has 4 aromatic carbocycles. The van der Waals surface area contributed by atoms with Crippen molar-refractivity contribution in [3.63, 3.8) is 0 Å². The van der Waals surface area contributed by atoms with Crippen LogP contribution in [0.2, 0.25) is 0 Å². The number of amides is 1. The number of azide groups is 2. The lowest BCUT2D eigenvalue weighted by atomic mass is 9.81. The highest BCUT2D eigenvalue weighted by Gasteiger charge is 2.44. The minimum atomic E-state index is -5.84. The number of nitrogens with one attached hydrogen (secondary N) is 1. The molecule has 93 heavy (non-hydrogen) atoms. The predicted molar refractivity (Wildman–Crippen MR) is 330 cm³/mol. The number of ether oxygens (including phenoxy) is 4. The molecule has 484 valence electrons. The molecule has 1 saturated heterocycles. The van der Waals surface area contributed by atoms with E-state index >= 15 is 0 Å². The number of aromatic carboxylic acids is 1. The summed E-state index contributed by atoms with van der Waals surface area (Å²) in [5, 5.41) is 23.0. The quantitative estimate of drug-likeness (QED) is 0.00492. The van der Waals surface area contributed by atoms with Gasteiger partial charge in [0.2, 0.25) is 5.36 Å². The number of carbonyl (C=O) groups is 3. The van der Waals surface area contributed by atoms with Gasteiger partial charge in [0, 0.05) is 99.1 Å². The molecule has 8 heterocycles. The number of rotatable bonds is 23. The van der Waals surface area contributed by atoms with Crippen LogP contribution in [0.4, 0.5) is 11.5 Å². The van der Waals surface area contributed by atoms with Crippen molar-refractivity contribution in [2.75, 3.05) is 63.3 Å². The topological polar surface area (TPSA) is 441 Å². The molecule has 0 saturated carbocycles. The molecule has 8 N–H and O–H groups in total. The molecule has 1 fully saturated rings. The summed E-state index contributed by atoms with van der Waals surface area (Å²) in [6.07, 6.45) is 6.99. The maximum atomic E-state index is 14.3. The Kier molecular flexibility index (Phi) is 18.6. The molecular weight excluding hydrogens is 1270 g/mol. The number of nitrogen functional groups attached to an aromatic ring is 1. The van der Waals surface area contributed by atoms with Crippen LogP contribution in [0.15, 0.2) is 71.3 Å². The number of carbonyl (C=O) groups excluding carboxylic acids is 2. The van der Waals surface area contributed by atoms with Crippen molar-refractivity contribution in [2.45, 2.75) is 95.6 Å². The van der Waals surface area contributed by atoms with E-state index in [1.807, 2.05) is 0 Å². The molecule has 0 spiro atoms. The first-order valence-corrected chi connectivity index (χ1v) is 34.2. The van der Waals surface area contributed by atoms with Crippen LogP contribution in [0.1, 0.15) is 127 Å². The number of benzene rings is 4. The van der Waals surface area contributed by atoms with E-state index in [2.05, 4.69) is 77.4 Å². The number of nitrogens with zero attached hydrogens (tertiary/aromatic N) is 11. The van der Waals surface area contributed by atoms with E-state index in [0.29, 0.717) is 22.4 Å². The molecule has 2 aromatic heterocycles. The van der Waals surface area contributed by atoms with Crippen LogP contribution in [0.5, 0.6) is 17.2 Å². The molecule has 34 heteroatoms. The van der Waals surface area contributed by atoms with Crippen molar-refractivity contribution < 1.29 is 84.9 Å². The highest BCUT2D eigenvalue weighted by molar-refractivity contribution is 7.66. The summed E-state index contributed by atoms with van der Waals surface area (Å²) in [7, 11) is -17.1. The molecule has 5 atom stereocenters. The number of nitrogens with two attached hydrogens (primary N) is 1. The smallest absolute Gasteiger partial charge is 0.490 e. The first kappa shape index (κ1) is 64.6. The fourth-order valence-electron chi connectivity index (χ4n) is 13.2. The second-order valence-corrected chi connectivity index (χ2v) is 27.1. The monoisotopic (exact) mass is 1330 g/mol. The van der Waals surface area contributed by atoms with Crippen molar-refractivity contribution in [1.29, 1.82) is 0 Å². The van der Waals surface area contributed by atoms with Crippen LogP contribution >= 0.6 is 23.5 Å². The maximum Gasteiger partial charge on any atom is 0.490 e. The Morgan fingerprint density at radius 3 is 2.42 bits per heavy atom. The number of phosphoric acid groups is 3. The second kappa shape index (κ2) is 26.8. The lowest BCUT2D eigenvalue weighted by Crippen LogP contribution is -2.45. The van der Waals surface area contributed by atoms with Crippen molar-refractivity contribution in [1.82, 2.24) is 24.4 Å². The first-order chi connectivity index (χ1) is 44.7. The van der Waals surface area contributed by atoms with Gasteiger partial charge in [0.1, 0.15) is 67.2 Å². The normalized spacial score (nSPS) is 19.0. The van der Waals surface area contributed by atoms with Crippen molar-refractivity contribution >= 4 is 69.2 Å². The molecule has 12 rings (SSSR count). The van der Waals surface area contributed by atoms with E-state index in [0.717, 1.165) is 117 Å². The van der Waals surface area contributed by atoms with Gasteiger partial charge in [-0.05, 0) is 115 Å². The number of phosphoric ester groups is 1. The lowest BCUT2D eigenvalue weighted by molar-refractivity contribution is -0.0582. The summed E-state index contributed by atoms with van der Waals surface area (Å²) in [5.74, 6) is 5.79. The Labute approximate surface area is 528 Å². The molecule has 0 bridgehead atoms. The van der Waals surface area contributed by atoms with Crippen LogP contribution in [0.25, 0.3) is 37.5 Å². The number of hydrogen-bond donors (Lipinski definition) is 7. The van der Waals surface area contributed by atoms with E-state index in [-0.39, 0.29) is 78.3 Å². The summed E-state index contributed by atoms with van der Waals surface area (Å²) in [6.45, 7) is 2.11. The van der Waals surface area contributed by atoms with Crippen LogP contribution in [-0.4, -0.2) is 122 Å². The van der Waals surface area contributed by atoms with Crippen molar-refractivity contribution in [2.24, 2.45) is 10.2 Å². The highest BCUT2D eigenvalue weighted by atomic mass is 31.3. The van der Waals surface area contributed by atoms with Crippen molar-refractivity contribution in [3.05, 3.63) is 154 Å². The summed E-state index contributed by atoms with van der Waals surface area (Å²) < 4.78 is 76.9. The fourth-order valence-corrected chi connectivity index (χ4v) is 16.2. The van der Waals surface area contributed by atoms with E-state index in [1.165, 1.54) is 51.4 Å². The van der Waals surface area contributed by atoms with Gasteiger partial charge in [0.25, 0.3) is 5.91 Å². The summed E-state index contributed by atoms with van der Waals surface area (Å²) in [5.41, 5.74) is 33.8. The second-order valence-electron chi connectivity index (χ2n) is 22.7. The Morgan fingerprint density at radius 2 is 1.63 bits per heavy atom. The van der Waals surface area contributed by atoms with Crippen LogP contribution in [-0.2, 0) is 68.5 Å². The number of anilines is 2. The summed E-state index contributed by atoms with van der Waals surface area (Å²) >= 11 is 0. The van der Waals surface area contributed by atoms with Gasteiger partial charge in [-0.1, -0.05) is 28.1 Å². The molecule has 6 aliphatic heterocycles. The van der Waals surface area contributed by atoms with E-state index < -0.39 is 67.1 Å². The highest BCUT2D eigenvalue weighted by Crippen LogP contribution is 2.66. The molecule has 31 nitrogen and oxygen atoms in total. The third-order valence-corrected chi connectivity index (χ3v) is 20.7. The van der Waals surface area contributed by atoms with Gasteiger partial charge in [-0.25, -0.2) is 33.0 Å². The van der Waals surface area contributed by atoms with Gasteiger partial charge in [-0.15, -0.1) is 0 Å². The predicted octanol–water partition coefficient (Wildman–Crippen LogP) is 7.06. The van der Waals surface area contributed by atoms with Crippen LogP contribution in [0.3, 0.4) is 0 Å². The number of fused-ring (bicyclic) bond motifs is 5. The third kappa shape index (κ3) is 13.8. The van der Waals surface area contributed by atoms with E-state index in [1.54, 1.807) is 24.3 Å². The molecule has 1 amide bonds. The molecule has 6 aliphatic rings. The number of carboxylic acid groups (broad SMARTS) is 1. The van der Waals surface area contributed by atoms with Gasteiger partial charge < -0.3 is 64.1 Å². The standard InChI is InChI=1S/C59H60N13O18P3/c60-56-50-36(29-72(57(50)65-31-64-56)49-27-47(85-32-67-69-62)48(87-49)30-86-92(80,81)90-93(82,83)89-91(77,78)79)7-1-17-63-58(74)39-16-14-38(23-37(39)28-66-68-61)84-22-6-12-46(73)33-13-15-40(59(75)76)43(24-33)51-44-25-34-8-2-18-70-20-4-10-41(52(34)70)54(44)88-55-42-11-5-21-71-19-3-9-35(53(42)71)26-45(51)55/h13-16,23-26,29,31,47-49H,2-6,8-12,17-22,27-28,30,32H2,(H7-,60,63,64,65,74,75,76,77,78,79,80,81,82,83)/p+1/t47-,48-,49-/m1/s1. The zero-order valence-corrected chi connectivity index (χ0v) is 52.2. The molecule has 0 aliphatic carbocycles. The Hall–Kier alpha value is -8.51. The number of Topliss-reactive ketones (excluding diaryl/α,β-unsaturated/α-hetero) is 1. The molecular formula is C59H61N13O18P3+. The summed E-state index contributed by atoms with van der Waals surface area (Å²) in [4.78, 5) is 95.1. The van der Waals surface area contributed by atoms with Crippen molar-refractivity contribution in [3.8, 4) is 29.1 Å². The number of hydrogen-bond acceptors (Lipinski definition) is 19. The van der Waals surface area contributed by atoms with E-state index in [9.17, 15) is 48.5 Å². The average Bonchev–Trinajstić information content (AvgIpc) is 1.37. The molecule has 2 unspecified atom stereocenters. The minimum Gasteiger partial charge on any atom is -0.494 e. The number of carboxylic acids is 1. The van der Waals surface area contributed by atoms with Gasteiger partial charge in [0.15, 0.2) is 5.78 Å². The minimum absolute atomic E-state index is 0.00237. The lowest BCUT2D eigenvalue weighted by Gasteiger charge is -2.39. The Balaban J connectivity index is 0.727.